The first kappa shape index (κ1) is 43.6. The number of likely N-dealkylation sites (N-methyl/N-ethyl adjacent to an activating group) is 1. The molecule has 1 spiro atoms. The number of phenols is 1. The van der Waals surface area contributed by atoms with E-state index in [4.69, 9.17) is 42.6 Å². The Bertz CT molecular complexity index is 2630. The number of aryl methyl sites for hydroxylation is 1. The first-order valence-electron chi connectivity index (χ1n) is 20.8. The highest BCUT2D eigenvalue weighted by Gasteiger charge is 2.63. The molecule has 2 unspecified atom stereocenters. The molecular weight excluding hydrogens is 865 g/mol. The minimum Gasteiger partial charge on any atom is -0.504 e. The van der Waals surface area contributed by atoms with Crippen molar-refractivity contribution >= 4 is 35.9 Å². The number of phenolic OH excluding ortho intramolecular Hbond substituents is 1. The summed E-state index contributed by atoms with van der Waals surface area (Å²) in [6.07, 6.45) is 0.506. The number of aromatic hydroxyl groups is 1. The largest absolute Gasteiger partial charge is 0.518 e. The zero-order valence-corrected chi connectivity index (χ0v) is 37.3. The SMILES string of the molecule is C=COC(=O)Oc1cc2c(cc1OC)[C@@]1(CS[C@@H]3c4c(OC(C)=O)c(C)c5c(c4[C@H](COC1=O)N1C3C3c4c(cc(C)c(OC)c4O)C[C@@H]([C@@H]1C#N)N3C)OCO5)N(C(=O)OC=C)CC2. The number of nitrogens with zero attached hydrogens (tertiary/aromatic N) is 4. The van der Waals surface area contributed by atoms with E-state index >= 15 is 4.79 Å². The fourth-order valence-corrected chi connectivity index (χ4v) is 12.7. The van der Waals surface area contributed by atoms with Crippen LogP contribution in [0.25, 0.3) is 0 Å². The van der Waals surface area contributed by atoms with Crippen molar-refractivity contribution in [1.82, 2.24) is 14.7 Å². The van der Waals surface area contributed by atoms with E-state index in [0.29, 0.717) is 57.1 Å². The van der Waals surface area contributed by atoms with Gasteiger partial charge in [0.25, 0.3) is 0 Å². The molecule has 7 atom stereocenters. The van der Waals surface area contributed by atoms with Crippen LogP contribution in [0.2, 0.25) is 0 Å². The summed E-state index contributed by atoms with van der Waals surface area (Å²) in [6.45, 7) is 11.3. The summed E-state index contributed by atoms with van der Waals surface area (Å²) in [4.78, 5) is 60.8. The first-order chi connectivity index (χ1) is 31.2. The predicted molar refractivity (Wildman–Crippen MR) is 229 cm³/mol. The van der Waals surface area contributed by atoms with Crippen LogP contribution in [0.1, 0.15) is 68.8 Å². The molecule has 1 amide bonds. The number of benzene rings is 3. The van der Waals surface area contributed by atoms with Crippen LogP contribution in [-0.2, 0) is 42.2 Å². The first-order valence-corrected chi connectivity index (χ1v) is 21.8. The van der Waals surface area contributed by atoms with Crippen molar-refractivity contribution in [3.05, 3.63) is 88.4 Å². The lowest BCUT2D eigenvalue weighted by molar-refractivity contribution is -0.162. The molecule has 7 heterocycles. The molecule has 10 rings (SSSR count). The topological polar surface area (TPSA) is 205 Å². The van der Waals surface area contributed by atoms with Gasteiger partial charge in [0, 0.05) is 53.6 Å². The van der Waals surface area contributed by atoms with E-state index in [1.54, 1.807) is 13.0 Å². The van der Waals surface area contributed by atoms with Crippen molar-refractivity contribution in [3.63, 3.8) is 0 Å². The Kier molecular flexibility index (Phi) is 11.0. The normalized spacial score (nSPS) is 25.9. The standard InChI is InChI=1S/C46H46N4O14S/c1-9-58-44(54)49-12-11-24-15-31(64-45(55)59-10-2)30(56-7)16-26(24)46(49)19-65-42-34-33(41-40(61-20-62-41)22(4)39(34)63-23(5)51)29(18-60-43(46)53)50-28(17-47)27-14-25-13-21(3)38(57-8)37(52)32(25)35(36(42)50)48(27)6/h9-10,13,15-16,27-29,35-36,42,52H,1-2,11-12,14,18-20H2,3-8H3/t27-,28-,29-,35?,36?,42+,46+/m0/s1. The zero-order chi connectivity index (χ0) is 46.2. The van der Waals surface area contributed by atoms with Gasteiger partial charge in [0.2, 0.25) is 6.79 Å². The van der Waals surface area contributed by atoms with Gasteiger partial charge in [-0.1, -0.05) is 19.2 Å². The van der Waals surface area contributed by atoms with Gasteiger partial charge in [-0.15, -0.1) is 11.8 Å². The molecule has 4 bridgehead atoms. The van der Waals surface area contributed by atoms with Gasteiger partial charge in [0.1, 0.15) is 18.4 Å². The van der Waals surface area contributed by atoms with E-state index in [-0.39, 0.29) is 55.1 Å². The smallest absolute Gasteiger partial charge is 0.504 e. The summed E-state index contributed by atoms with van der Waals surface area (Å²) in [5.41, 5.74) is 2.60. The molecule has 0 aromatic heterocycles. The lowest BCUT2D eigenvalue weighted by Gasteiger charge is -2.62. The fourth-order valence-electron chi connectivity index (χ4n) is 10.9. The van der Waals surface area contributed by atoms with E-state index in [2.05, 4.69) is 29.0 Å². The summed E-state index contributed by atoms with van der Waals surface area (Å²) >= 11 is 1.27. The number of piperazine rings is 1. The number of hydrogen-bond donors (Lipinski definition) is 1. The third-order valence-electron chi connectivity index (χ3n) is 13.4. The Morgan fingerprint density at radius 1 is 0.969 bits per heavy atom. The molecule has 1 N–H and O–H groups in total. The molecule has 3 aromatic rings. The zero-order valence-electron chi connectivity index (χ0n) is 36.5. The van der Waals surface area contributed by atoms with Gasteiger partial charge in [-0.3, -0.25) is 19.5 Å². The van der Waals surface area contributed by atoms with E-state index in [0.717, 1.165) is 23.7 Å². The lowest BCUT2D eigenvalue weighted by atomic mass is 9.71. The molecule has 3 aromatic carbocycles. The molecule has 340 valence electrons. The number of hydrogen-bond acceptors (Lipinski definition) is 18. The fraction of sp³-hybridized carbons (Fsp3) is 0.413. The third kappa shape index (κ3) is 6.43. The summed E-state index contributed by atoms with van der Waals surface area (Å²) < 4.78 is 52.1. The number of carbonyl (C=O) groups is 4. The third-order valence-corrected chi connectivity index (χ3v) is 14.9. The second kappa shape index (κ2) is 16.4. The highest BCUT2D eigenvalue weighted by Crippen LogP contribution is 2.65. The summed E-state index contributed by atoms with van der Waals surface area (Å²) in [5, 5.41) is 22.7. The number of nitriles is 1. The van der Waals surface area contributed by atoms with E-state index in [9.17, 15) is 24.8 Å². The maximum Gasteiger partial charge on any atom is 0.518 e. The highest BCUT2D eigenvalue weighted by atomic mass is 32.2. The molecule has 19 heteroatoms. The minimum absolute atomic E-state index is 0.0127. The van der Waals surface area contributed by atoms with Gasteiger partial charge in [0.15, 0.2) is 40.0 Å². The Labute approximate surface area is 378 Å². The molecule has 0 aliphatic carbocycles. The van der Waals surface area contributed by atoms with Gasteiger partial charge in [-0.05, 0) is 68.1 Å². The average Bonchev–Trinajstić information content (AvgIpc) is 3.76. The van der Waals surface area contributed by atoms with Crippen molar-refractivity contribution in [2.24, 2.45) is 0 Å². The number of fused-ring (bicyclic) bond motifs is 9. The van der Waals surface area contributed by atoms with E-state index < -0.39 is 65.2 Å². The van der Waals surface area contributed by atoms with Gasteiger partial charge in [-0.25, -0.2) is 14.4 Å². The molecule has 18 nitrogen and oxygen atoms in total. The van der Waals surface area contributed by atoms with E-state index in [1.165, 1.54) is 43.9 Å². The van der Waals surface area contributed by atoms with Gasteiger partial charge < -0.3 is 47.7 Å². The molecule has 65 heavy (non-hydrogen) atoms. The Balaban J connectivity index is 1.33. The quantitative estimate of drug-likeness (QED) is 0.1000. The molecule has 7 aliphatic heterocycles. The molecule has 7 aliphatic rings. The van der Waals surface area contributed by atoms with Crippen LogP contribution < -0.4 is 28.4 Å². The summed E-state index contributed by atoms with van der Waals surface area (Å²) in [7, 11) is 4.77. The Hall–Kier alpha value is -6.62. The molecular formula is C46H46N4O14S. The lowest BCUT2D eigenvalue weighted by Crippen LogP contribution is -2.69. The molecule has 2 fully saturated rings. The van der Waals surface area contributed by atoms with Crippen LogP contribution in [0.5, 0.6) is 40.2 Å². The number of thioether (sulfide) groups is 1. The summed E-state index contributed by atoms with van der Waals surface area (Å²) in [5.74, 6) is -0.446. The average molecular weight is 911 g/mol. The van der Waals surface area contributed by atoms with Crippen LogP contribution in [0.15, 0.2) is 43.9 Å². The Morgan fingerprint density at radius 2 is 1.72 bits per heavy atom. The van der Waals surface area contributed by atoms with Crippen LogP contribution in [-0.4, -0.2) is 109 Å². The highest BCUT2D eigenvalue weighted by molar-refractivity contribution is 7.99. The van der Waals surface area contributed by atoms with Crippen molar-refractivity contribution in [1.29, 1.82) is 5.26 Å². The second-order valence-corrected chi connectivity index (χ2v) is 17.6. The number of amides is 1. The van der Waals surface area contributed by atoms with Crippen molar-refractivity contribution in [2.75, 3.05) is 47.0 Å². The molecule has 0 saturated carbocycles. The van der Waals surface area contributed by atoms with Crippen molar-refractivity contribution in [2.45, 2.75) is 74.6 Å². The van der Waals surface area contributed by atoms with Crippen molar-refractivity contribution < 1.29 is 66.9 Å². The van der Waals surface area contributed by atoms with Crippen LogP contribution in [0.4, 0.5) is 9.59 Å². The number of ether oxygens (including phenoxy) is 9. The number of rotatable bonds is 6. The number of carbonyl (C=O) groups excluding carboxylic acids is 4. The minimum atomic E-state index is -1.95. The monoisotopic (exact) mass is 910 g/mol. The van der Waals surface area contributed by atoms with Gasteiger partial charge in [0.05, 0.1) is 50.1 Å². The van der Waals surface area contributed by atoms with Crippen molar-refractivity contribution in [3.8, 4) is 46.3 Å². The number of esters is 2. The van der Waals surface area contributed by atoms with Gasteiger partial charge in [-0.2, -0.15) is 5.26 Å². The number of methoxy groups -OCH3 is 2. The van der Waals surface area contributed by atoms with Gasteiger partial charge >= 0.3 is 24.2 Å². The second-order valence-electron chi connectivity index (χ2n) is 16.4. The van der Waals surface area contributed by atoms with Crippen LogP contribution in [0.3, 0.4) is 0 Å². The predicted octanol–water partition coefficient (Wildman–Crippen LogP) is 5.93. The maximum atomic E-state index is 15.5. The Morgan fingerprint density at radius 3 is 2.42 bits per heavy atom. The summed E-state index contributed by atoms with van der Waals surface area (Å²) in [6, 6.07) is 4.15. The van der Waals surface area contributed by atoms with Crippen LogP contribution in [0, 0.1) is 25.2 Å². The van der Waals surface area contributed by atoms with E-state index in [1.807, 2.05) is 20.0 Å². The maximum absolute atomic E-state index is 15.5. The van der Waals surface area contributed by atoms with Crippen LogP contribution >= 0.6 is 11.8 Å². The molecule has 0 radical (unpaired) electrons. The molecule has 2 saturated heterocycles.